The van der Waals surface area contributed by atoms with Gasteiger partial charge in [-0.05, 0) is 53.0 Å². The van der Waals surface area contributed by atoms with Gasteiger partial charge in [0.1, 0.15) is 5.75 Å². The predicted octanol–water partition coefficient (Wildman–Crippen LogP) is 2.98. The standard InChI is InChI=1S/C13H13BrN2O2/c1-9-3-10(2)5-12(4-9)18-8-13(17)16-7-11(14)6-15-16/h3-7H,8H2,1-2H3. The summed E-state index contributed by atoms with van der Waals surface area (Å²) >= 11 is 3.24. The Balaban J connectivity index is 2.01. The van der Waals surface area contributed by atoms with Crippen molar-refractivity contribution in [3.8, 4) is 5.75 Å². The highest BCUT2D eigenvalue weighted by atomic mass is 79.9. The van der Waals surface area contributed by atoms with Crippen molar-refractivity contribution < 1.29 is 9.53 Å². The van der Waals surface area contributed by atoms with Crippen LogP contribution >= 0.6 is 15.9 Å². The van der Waals surface area contributed by atoms with E-state index in [-0.39, 0.29) is 12.5 Å². The van der Waals surface area contributed by atoms with E-state index in [1.807, 2.05) is 26.0 Å². The van der Waals surface area contributed by atoms with Crippen molar-refractivity contribution in [2.24, 2.45) is 0 Å². The molecule has 5 heteroatoms. The largest absolute Gasteiger partial charge is 0.484 e. The van der Waals surface area contributed by atoms with Gasteiger partial charge in [-0.2, -0.15) is 5.10 Å². The van der Waals surface area contributed by atoms with Gasteiger partial charge in [0.25, 0.3) is 5.91 Å². The average molecular weight is 309 g/mol. The Bertz CT molecular complexity index is 558. The van der Waals surface area contributed by atoms with Gasteiger partial charge in [-0.25, -0.2) is 4.68 Å². The number of aryl methyl sites for hydroxylation is 2. The van der Waals surface area contributed by atoms with E-state index in [9.17, 15) is 4.79 Å². The lowest BCUT2D eigenvalue weighted by Crippen LogP contribution is -2.19. The van der Waals surface area contributed by atoms with Crippen LogP contribution in [0.15, 0.2) is 35.1 Å². The van der Waals surface area contributed by atoms with Gasteiger partial charge >= 0.3 is 0 Å². The maximum atomic E-state index is 11.8. The predicted molar refractivity (Wildman–Crippen MR) is 72.0 cm³/mol. The first kappa shape index (κ1) is 12.8. The summed E-state index contributed by atoms with van der Waals surface area (Å²) in [7, 11) is 0. The van der Waals surface area contributed by atoms with Gasteiger partial charge < -0.3 is 4.74 Å². The molecule has 1 aromatic carbocycles. The van der Waals surface area contributed by atoms with Gasteiger partial charge in [0.2, 0.25) is 0 Å². The van der Waals surface area contributed by atoms with E-state index in [1.54, 1.807) is 12.4 Å². The minimum absolute atomic E-state index is 0.0307. The summed E-state index contributed by atoms with van der Waals surface area (Å²) in [5.74, 6) is 0.493. The van der Waals surface area contributed by atoms with Gasteiger partial charge in [0, 0.05) is 6.20 Å². The van der Waals surface area contributed by atoms with Crippen LogP contribution in [-0.2, 0) is 0 Å². The Labute approximate surface area is 114 Å². The summed E-state index contributed by atoms with van der Waals surface area (Å²) in [6, 6.07) is 5.86. The molecule has 0 N–H and O–H groups in total. The fourth-order valence-electron chi connectivity index (χ4n) is 1.66. The van der Waals surface area contributed by atoms with Gasteiger partial charge in [0.05, 0.1) is 10.7 Å². The molecule has 2 aromatic rings. The molecule has 0 unspecified atom stereocenters. The van der Waals surface area contributed by atoms with Crippen LogP contribution in [0, 0.1) is 13.8 Å². The van der Waals surface area contributed by atoms with Crippen LogP contribution in [0.4, 0.5) is 0 Å². The lowest BCUT2D eigenvalue weighted by molar-refractivity contribution is 0.0821. The number of carbonyl (C=O) groups is 1. The number of aromatic nitrogens is 2. The molecule has 0 aliphatic heterocycles. The summed E-state index contributed by atoms with van der Waals surface area (Å²) in [5, 5.41) is 3.90. The molecule has 0 aliphatic rings. The SMILES string of the molecule is Cc1cc(C)cc(OCC(=O)n2cc(Br)cn2)c1. The summed E-state index contributed by atoms with van der Waals surface area (Å²) in [4.78, 5) is 11.8. The van der Waals surface area contributed by atoms with Crippen molar-refractivity contribution in [1.82, 2.24) is 9.78 Å². The number of halogens is 1. The van der Waals surface area contributed by atoms with Gasteiger partial charge in [-0.3, -0.25) is 4.79 Å². The molecule has 0 spiro atoms. The molecule has 0 bridgehead atoms. The van der Waals surface area contributed by atoms with E-state index in [0.717, 1.165) is 15.6 Å². The van der Waals surface area contributed by atoms with Crippen molar-refractivity contribution >= 4 is 21.8 Å². The smallest absolute Gasteiger partial charge is 0.284 e. The van der Waals surface area contributed by atoms with Crippen molar-refractivity contribution in [1.29, 1.82) is 0 Å². The van der Waals surface area contributed by atoms with Crippen LogP contribution in [0.2, 0.25) is 0 Å². The molecule has 0 saturated heterocycles. The van der Waals surface area contributed by atoms with Gasteiger partial charge in [-0.1, -0.05) is 6.07 Å². The Morgan fingerprint density at radius 3 is 2.56 bits per heavy atom. The second-order valence-corrected chi connectivity index (χ2v) is 5.02. The van der Waals surface area contributed by atoms with Gasteiger partial charge in [-0.15, -0.1) is 0 Å². The molecule has 0 amide bonds. The molecule has 0 atom stereocenters. The zero-order valence-electron chi connectivity index (χ0n) is 10.2. The molecule has 2 rings (SSSR count). The molecule has 1 heterocycles. The number of nitrogens with zero attached hydrogens (tertiary/aromatic N) is 2. The zero-order valence-corrected chi connectivity index (χ0v) is 11.8. The van der Waals surface area contributed by atoms with E-state index in [1.165, 1.54) is 4.68 Å². The Morgan fingerprint density at radius 1 is 1.33 bits per heavy atom. The monoisotopic (exact) mass is 308 g/mol. The Morgan fingerprint density at radius 2 is 2.00 bits per heavy atom. The summed E-state index contributed by atoms with van der Waals surface area (Å²) in [5.41, 5.74) is 2.22. The van der Waals surface area contributed by atoms with E-state index >= 15 is 0 Å². The second kappa shape index (κ2) is 5.35. The number of ether oxygens (including phenoxy) is 1. The normalized spacial score (nSPS) is 10.4. The highest BCUT2D eigenvalue weighted by molar-refractivity contribution is 9.10. The maximum absolute atomic E-state index is 11.8. The molecule has 94 valence electrons. The van der Waals surface area contributed by atoms with E-state index in [0.29, 0.717) is 5.75 Å². The number of rotatable bonds is 3. The van der Waals surface area contributed by atoms with Crippen LogP contribution < -0.4 is 4.74 Å². The Kier molecular flexibility index (Phi) is 3.81. The van der Waals surface area contributed by atoms with Crippen LogP contribution in [0.1, 0.15) is 15.9 Å². The van der Waals surface area contributed by atoms with Crippen LogP contribution in [-0.4, -0.2) is 22.3 Å². The van der Waals surface area contributed by atoms with Crippen molar-refractivity contribution in [2.45, 2.75) is 13.8 Å². The van der Waals surface area contributed by atoms with E-state index in [2.05, 4.69) is 27.1 Å². The minimum Gasteiger partial charge on any atom is -0.484 e. The van der Waals surface area contributed by atoms with E-state index in [4.69, 9.17) is 4.74 Å². The number of benzene rings is 1. The molecule has 18 heavy (non-hydrogen) atoms. The Hall–Kier alpha value is -1.62. The summed E-state index contributed by atoms with van der Waals surface area (Å²) < 4.78 is 7.49. The number of carbonyl (C=O) groups excluding carboxylic acids is 1. The summed E-state index contributed by atoms with van der Waals surface area (Å²) in [6.07, 6.45) is 3.17. The molecule has 0 aliphatic carbocycles. The van der Waals surface area contributed by atoms with Crippen molar-refractivity contribution in [3.63, 3.8) is 0 Å². The fourth-order valence-corrected chi connectivity index (χ4v) is 1.95. The van der Waals surface area contributed by atoms with Crippen LogP contribution in [0.5, 0.6) is 5.75 Å². The first-order valence-electron chi connectivity index (χ1n) is 5.49. The summed E-state index contributed by atoms with van der Waals surface area (Å²) in [6.45, 7) is 3.95. The topological polar surface area (TPSA) is 44.1 Å². The first-order chi connectivity index (χ1) is 8.54. The third-order valence-corrected chi connectivity index (χ3v) is 2.77. The molecular weight excluding hydrogens is 296 g/mol. The average Bonchev–Trinajstić information content (AvgIpc) is 2.71. The second-order valence-electron chi connectivity index (χ2n) is 4.11. The van der Waals surface area contributed by atoms with Crippen molar-refractivity contribution in [3.05, 3.63) is 46.2 Å². The van der Waals surface area contributed by atoms with E-state index < -0.39 is 0 Å². The quantitative estimate of drug-likeness (QED) is 0.875. The van der Waals surface area contributed by atoms with Gasteiger partial charge in [0.15, 0.2) is 6.61 Å². The van der Waals surface area contributed by atoms with Crippen LogP contribution in [0.25, 0.3) is 0 Å². The molecular formula is C13H13BrN2O2. The number of hydrogen-bond donors (Lipinski definition) is 0. The molecule has 0 saturated carbocycles. The fraction of sp³-hybridized carbons (Fsp3) is 0.231. The van der Waals surface area contributed by atoms with Crippen molar-refractivity contribution in [2.75, 3.05) is 6.61 Å². The zero-order chi connectivity index (χ0) is 13.1. The molecule has 4 nitrogen and oxygen atoms in total. The first-order valence-corrected chi connectivity index (χ1v) is 6.28. The van der Waals surface area contributed by atoms with Crippen LogP contribution in [0.3, 0.4) is 0 Å². The highest BCUT2D eigenvalue weighted by Gasteiger charge is 2.07. The third kappa shape index (κ3) is 3.20. The minimum atomic E-state index is -0.208. The molecule has 0 fully saturated rings. The third-order valence-electron chi connectivity index (χ3n) is 2.36. The highest BCUT2D eigenvalue weighted by Crippen LogP contribution is 2.16. The lowest BCUT2D eigenvalue weighted by Gasteiger charge is -2.07. The molecule has 0 radical (unpaired) electrons. The number of hydrogen-bond acceptors (Lipinski definition) is 3. The molecule has 1 aromatic heterocycles. The lowest BCUT2D eigenvalue weighted by atomic mass is 10.1. The maximum Gasteiger partial charge on any atom is 0.284 e.